The van der Waals surface area contributed by atoms with Gasteiger partial charge in [-0.15, -0.1) is 0 Å². The van der Waals surface area contributed by atoms with E-state index in [0.717, 1.165) is 11.0 Å². The standard InChI is InChI=1S/C20H17N5O3S/c21-29(27,28)16-8-5-14(6-9-16)11-20(26)24-15-7-10-19(22-12-15)25-13-23-17-3-1-2-4-18(17)25/h1-10,12-13H,11H2,(H,24,26)(H2,21,27,28). The number of benzene rings is 2. The topological polar surface area (TPSA) is 120 Å². The Labute approximate surface area is 167 Å². The summed E-state index contributed by atoms with van der Waals surface area (Å²) in [6, 6.07) is 17.2. The molecule has 1 amide bonds. The molecule has 0 aliphatic heterocycles. The molecule has 0 unspecified atom stereocenters. The monoisotopic (exact) mass is 407 g/mol. The molecule has 0 aliphatic carbocycles. The summed E-state index contributed by atoms with van der Waals surface area (Å²) in [6.07, 6.45) is 3.38. The Bertz CT molecular complexity index is 1280. The predicted octanol–water partition coefficient (Wildman–Crippen LogP) is 2.25. The van der Waals surface area contributed by atoms with E-state index in [1.54, 1.807) is 36.8 Å². The van der Waals surface area contributed by atoms with Crippen LogP contribution in [0.3, 0.4) is 0 Å². The van der Waals surface area contributed by atoms with Crippen molar-refractivity contribution in [2.75, 3.05) is 5.32 Å². The minimum absolute atomic E-state index is 0.00785. The van der Waals surface area contributed by atoms with Crippen molar-refractivity contribution in [3.8, 4) is 5.82 Å². The molecule has 0 saturated heterocycles. The van der Waals surface area contributed by atoms with E-state index in [9.17, 15) is 13.2 Å². The van der Waals surface area contributed by atoms with Gasteiger partial charge in [-0.1, -0.05) is 24.3 Å². The number of pyridine rings is 1. The molecule has 29 heavy (non-hydrogen) atoms. The van der Waals surface area contributed by atoms with E-state index in [4.69, 9.17) is 5.14 Å². The molecule has 3 N–H and O–H groups in total. The third-order valence-electron chi connectivity index (χ3n) is 4.35. The molecule has 2 aromatic carbocycles. The van der Waals surface area contributed by atoms with E-state index in [0.29, 0.717) is 17.1 Å². The number of hydrogen-bond acceptors (Lipinski definition) is 5. The molecule has 146 valence electrons. The second-order valence-electron chi connectivity index (χ2n) is 6.42. The second-order valence-corrected chi connectivity index (χ2v) is 7.98. The van der Waals surface area contributed by atoms with Crippen LogP contribution >= 0.6 is 0 Å². The molecule has 0 fully saturated rings. The summed E-state index contributed by atoms with van der Waals surface area (Å²) in [7, 11) is -3.75. The Kier molecular flexibility index (Phi) is 4.83. The van der Waals surface area contributed by atoms with Crippen LogP contribution in [0.1, 0.15) is 5.56 Å². The Morgan fingerprint density at radius 2 is 1.76 bits per heavy atom. The summed E-state index contributed by atoms with van der Waals surface area (Å²) < 4.78 is 24.4. The van der Waals surface area contributed by atoms with Crippen LogP contribution in [0, 0.1) is 0 Å². The van der Waals surface area contributed by atoms with Crippen molar-refractivity contribution < 1.29 is 13.2 Å². The van der Waals surface area contributed by atoms with E-state index in [1.807, 2.05) is 28.8 Å². The number of rotatable bonds is 5. The lowest BCUT2D eigenvalue weighted by Gasteiger charge is -2.08. The molecule has 0 bridgehead atoms. The van der Waals surface area contributed by atoms with Crippen molar-refractivity contribution in [2.24, 2.45) is 5.14 Å². The number of primary sulfonamides is 1. The fraction of sp³-hybridized carbons (Fsp3) is 0.0500. The van der Waals surface area contributed by atoms with Crippen LogP contribution in [-0.2, 0) is 21.2 Å². The van der Waals surface area contributed by atoms with Gasteiger partial charge in [-0.25, -0.2) is 23.5 Å². The molecule has 9 heteroatoms. The van der Waals surface area contributed by atoms with Crippen molar-refractivity contribution in [3.05, 3.63) is 78.8 Å². The predicted molar refractivity (Wildman–Crippen MR) is 109 cm³/mol. The molecule has 0 atom stereocenters. The number of para-hydroxylation sites is 2. The van der Waals surface area contributed by atoms with Gasteiger partial charge in [-0.3, -0.25) is 9.36 Å². The van der Waals surface area contributed by atoms with Crippen LogP contribution in [0.5, 0.6) is 0 Å². The number of aromatic nitrogens is 3. The highest BCUT2D eigenvalue weighted by Crippen LogP contribution is 2.18. The van der Waals surface area contributed by atoms with Crippen LogP contribution in [0.15, 0.2) is 78.1 Å². The number of amides is 1. The average molecular weight is 407 g/mol. The quantitative estimate of drug-likeness (QED) is 0.526. The first-order valence-electron chi connectivity index (χ1n) is 8.70. The van der Waals surface area contributed by atoms with Crippen molar-refractivity contribution >= 4 is 32.7 Å². The first-order valence-corrected chi connectivity index (χ1v) is 10.2. The number of carbonyl (C=O) groups excluding carboxylic acids is 1. The third-order valence-corrected chi connectivity index (χ3v) is 5.28. The lowest BCUT2D eigenvalue weighted by molar-refractivity contribution is -0.115. The van der Waals surface area contributed by atoms with E-state index in [-0.39, 0.29) is 17.2 Å². The van der Waals surface area contributed by atoms with E-state index in [2.05, 4.69) is 15.3 Å². The maximum atomic E-state index is 12.3. The molecule has 0 saturated carbocycles. The number of anilines is 1. The summed E-state index contributed by atoms with van der Waals surface area (Å²) in [4.78, 5) is 21.0. The molecule has 0 aliphatic rings. The fourth-order valence-electron chi connectivity index (χ4n) is 2.93. The summed E-state index contributed by atoms with van der Waals surface area (Å²) in [5.41, 5.74) is 3.05. The van der Waals surface area contributed by atoms with Crippen molar-refractivity contribution in [3.63, 3.8) is 0 Å². The van der Waals surface area contributed by atoms with E-state index < -0.39 is 10.0 Å². The molecular formula is C20H17N5O3S. The van der Waals surface area contributed by atoms with Crippen LogP contribution in [0.4, 0.5) is 5.69 Å². The van der Waals surface area contributed by atoms with Crippen molar-refractivity contribution in [2.45, 2.75) is 11.3 Å². The first kappa shape index (κ1) is 18.8. The third kappa shape index (κ3) is 4.15. The summed E-state index contributed by atoms with van der Waals surface area (Å²) in [6.45, 7) is 0. The van der Waals surface area contributed by atoms with Gasteiger partial charge in [0.25, 0.3) is 0 Å². The average Bonchev–Trinajstić information content (AvgIpc) is 3.12. The number of nitrogens with zero attached hydrogens (tertiary/aromatic N) is 3. The van der Waals surface area contributed by atoms with Crippen molar-refractivity contribution in [1.29, 1.82) is 0 Å². The molecule has 4 aromatic rings. The number of imidazole rings is 1. The molecule has 0 spiro atoms. The van der Waals surface area contributed by atoms with Gasteiger partial charge in [0.1, 0.15) is 12.1 Å². The second kappa shape index (κ2) is 7.46. The highest BCUT2D eigenvalue weighted by Gasteiger charge is 2.10. The zero-order valence-electron chi connectivity index (χ0n) is 15.2. The minimum atomic E-state index is -3.75. The number of carbonyl (C=O) groups is 1. The van der Waals surface area contributed by atoms with E-state index in [1.165, 1.54) is 12.1 Å². The number of nitrogens with one attached hydrogen (secondary N) is 1. The number of sulfonamides is 1. The van der Waals surface area contributed by atoms with Gasteiger partial charge in [0, 0.05) is 0 Å². The SMILES string of the molecule is NS(=O)(=O)c1ccc(CC(=O)Nc2ccc(-n3cnc4ccccc43)nc2)cc1. The normalized spacial score (nSPS) is 11.5. The summed E-state index contributed by atoms with van der Waals surface area (Å²) >= 11 is 0. The lowest BCUT2D eigenvalue weighted by atomic mass is 10.1. The smallest absolute Gasteiger partial charge is 0.238 e. The van der Waals surface area contributed by atoms with Gasteiger partial charge < -0.3 is 5.32 Å². The Balaban J connectivity index is 1.44. The number of fused-ring (bicyclic) bond motifs is 1. The minimum Gasteiger partial charge on any atom is -0.324 e. The first-order chi connectivity index (χ1) is 13.9. The van der Waals surface area contributed by atoms with Gasteiger partial charge >= 0.3 is 0 Å². The van der Waals surface area contributed by atoms with Gasteiger partial charge in [0.2, 0.25) is 15.9 Å². The number of hydrogen-bond donors (Lipinski definition) is 2. The molecule has 0 radical (unpaired) electrons. The largest absolute Gasteiger partial charge is 0.324 e. The molecular weight excluding hydrogens is 390 g/mol. The molecule has 2 aromatic heterocycles. The fourth-order valence-corrected chi connectivity index (χ4v) is 3.45. The highest BCUT2D eigenvalue weighted by molar-refractivity contribution is 7.89. The van der Waals surface area contributed by atoms with Crippen LogP contribution < -0.4 is 10.5 Å². The molecule has 2 heterocycles. The Morgan fingerprint density at radius 3 is 2.45 bits per heavy atom. The van der Waals surface area contributed by atoms with Crippen LogP contribution in [-0.4, -0.2) is 28.9 Å². The van der Waals surface area contributed by atoms with Gasteiger partial charge in [-0.2, -0.15) is 0 Å². The van der Waals surface area contributed by atoms with E-state index >= 15 is 0 Å². The molecule has 4 rings (SSSR count). The van der Waals surface area contributed by atoms with Crippen molar-refractivity contribution in [1.82, 2.24) is 14.5 Å². The number of nitrogens with two attached hydrogens (primary N) is 1. The van der Waals surface area contributed by atoms with Crippen LogP contribution in [0.25, 0.3) is 16.9 Å². The maximum Gasteiger partial charge on any atom is 0.238 e. The summed E-state index contributed by atoms with van der Waals surface area (Å²) in [5.74, 6) is 0.450. The maximum absolute atomic E-state index is 12.3. The lowest BCUT2D eigenvalue weighted by Crippen LogP contribution is -2.15. The van der Waals surface area contributed by atoms with Gasteiger partial charge in [-0.05, 0) is 42.0 Å². The zero-order chi connectivity index (χ0) is 20.4. The zero-order valence-corrected chi connectivity index (χ0v) is 16.0. The Hall–Kier alpha value is -3.56. The van der Waals surface area contributed by atoms with Gasteiger partial charge in [0.15, 0.2) is 0 Å². The van der Waals surface area contributed by atoms with Crippen LogP contribution in [0.2, 0.25) is 0 Å². The molecule has 8 nitrogen and oxygen atoms in total. The summed E-state index contributed by atoms with van der Waals surface area (Å²) in [5, 5.41) is 7.84. The van der Waals surface area contributed by atoms with Gasteiger partial charge in [0.05, 0.1) is 34.2 Å². The highest BCUT2D eigenvalue weighted by atomic mass is 32.2. The Morgan fingerprint density at radius 1 is 1.00 bits per heavy atom.